The van der Waals surface area contributed by atoms with Crippen molar-refractivity contribution in [3.63, 3.8) is 0 Å². The van der Waals surface area contributed by atoms with E-state index in [1.165, 1.54) is 128 Å². The average molecular weight is 519 g/mol. The van der Waals surface area contributed by atoms with Gasteiger partial charge >= 0.3 is 29.6 Å². The summed E-state index contributed by atoms with van der Waals surface area (Å²) < 4.78 is 29.2. The van der Waals surface area contributed by atoms with Gasteiger partial charge in [0.25, 0.3) is 10.1 Å². The fourth-order valence-corrected chi connectivity index (χ4v) is 5.50. The molecule has 200 valence electrons. The number of hydrogen-bond acceptors (Lipinski definition) is 3. The number of rotatable bonds is 25. The zero-order valence-electron chi connectivity index (χ0n) is 22.3. The number of unbranched alkanes of at least 4 members (excludes halogenated alkanes) is 21. The second kappa shape index (κ2) is 25.8. The van der Waals surface area contributed by atoms with Gasteiger partial charge in [0, 0.05) is 0 Å². The van der Waals surface area contributed by atoms with Gasteiger partial charge in [-0.3, -0.25) is 4.18 Å². The first-order valence-electron chi connectivity index (χ1n) is 14.6. The summed E-state index contributed by atoms with van der Waals surface area (Å²) in [4.78, 5) is 0.244. The molecule has 0 aliphatic rings. The van der Waals surface area contributed by atoms with Crippen molar-refractivity contribution in [2.75, 3.05) is 6.61 Å². The van der Waals surface area contributed by atoms with Gasteiger partial charge in [-0.2, -0.15) is 8.42 Å². The normalized spacial score (nSPS) is 11.5. The quantitative estimate of drug-likeness (QED) is 0.0735. The van der Waals surface area contributed by atoms with E-state index in [1.807, 2.05) is 0 Å². The van der Waals surface area contributed by atoms with E-state index in [1.54, 1.807) is 30.3 Å². The minimum absolute atomic E-state index is 0. The topological polar surface area (TPSA) is 43.4 Å². The molecule has 0 N–H and O–H groups in total. The van der Waals surface area contributed by atoms with Crippen molar-refractivity contribution in [1.29, 1.82) is 0 Å². The maximum atomic E-state index is 12.0. The van der Waals surface area contributed by atoms with E-state index in [9.17, 15) is 8.42 Å². The van der Waals surface area contributed by atoms with Crippen LogP contribution in [0.3, 0.4) is 0 Å². The van der Waals surface area contributed by atoms with Crippen LogP contribution in [0.15, 0.2) is 35.2 Å². The summed E-state index contributed by atoms with van der Waals surface area (Å²) in [6.07, 6.45) is 29.8. The summed E-state index contributed by atoms with van der Waals surface area (Å²) in [5.74, 6) is 0. The van der Waals surface area contributed by atoms with E-state index >= 15 is 0 Å². The molecule has 3 nitrogen and oxygen atoms in total. The molecule has 0 heterocycles. The van der Waals surface area contributed by atoms with Crippen molar-refractivity contribution in [2.24, 2.45) is 0 Å². The molecule has 35 heavy (non-hydrogen) atoms. The SMILES string of the molecule is CCCCCCCCCCCCCCCCCCCCCCCCOS(=O)(=O)c1ccccc1.[NaH]. The van der Waals surface area contributed by atoms with Crippen molar-refractivity contribution in [3.05, 3.63) is 30.3 Å². The predicted molar refractivity (Wildman–Crippen MR) is 154 cm³/mol. The zero-order valence-corrected chi connectivity index (χ0v) is 23.1. The van der Waals surface area contributed by atoms with E-state index in [-0.39, 0.29) is 41.1 Å². The van der Waals surface area contributed by atoms with Crippen molar-refractivity contribution >= 4 is 39.7 Å². The van der Waals surface area contributed by atoms with E-state index < -0.39 is 10.1 Å². The Morgan fingerprint density at radius 1 is 0.514 bits per heavy atom. The van der Waals surface area contributed by atoms with E-state index in [0.717, 1.165) is 12.8 Å². The van der Waals surface area contributed by atoms with Crippen LogP contribution in [0.2, 0.25) is 0 Å². The summed E-state index contributed by atoms with van der Waals surface area (Å²) >= 11 is 0. The second-order valence-corrected chi connectivity index (χ2v) is 11.6. The molecule has 0 atom stereocenters. The average Bonchev–Trinajstić information content (AvgIpc) is 2.85. The van der Waals surface area contributed by atoms with Gasteiger partial charge in [0.1, 0.15) is 0 Å². The molecular formula is C30H55NaO3S. The first kappa shape index (κ1) is 35.1. The van der Waals surface area contributed by atoms with E-state index in [0.29, 0.717) is 0 Å². The van der Waals surface area contributed by atoms with Gasteiger partial charge in [-0.05, 0) is 18.6 Å². The molecule has 1 aromatic rings. The zero-order chi connectivity index (χ0) is 24.6. The molecule has 0 unspecified atom stereocenters. The van der Waals surface area contributed by atoms with Gasteiger partial charge in [0.05, 0.1) is 11.5 Å². The van der Waals surface area contributed by atoms with Crippen LogP contribution in [0.1, 0.15) is 148 Å². The summed E-state index contributed by atoms with van der Waals surface area (Å²) in [7, 11) is -3.59. The van der Waals surface area contributed by atoms with Gasteiger partial charge in [-0.1, -0.05) is 160 Å². The molecule has 0 aliphatic heterocycles. The third kappa shape index (κ3) is 21.9. The van der Waals surface area contributed by atoms with Crippen LogP contribution in [0.5, 0.6) is 0 Å². The monoisotopic (exact) mass is 518 g/mol. The summed E-state index contributed by atoms with van der Waals surface area (Å²) in [5, 5.41) is 0. The molecule has 0 bridgehead atoms. The Morgan fingerprint density at radius 2 is 0.829 bits per heavy atom. The molecule has 0 saturated carbocycles. The molecule has 0 aliphatic carbocycles. The van der Waals surface area contributed by atoms with Crippen LogP contribution in [0, 0.1) is 0 Å². The summed E-state index contributed by atoms with van der Waals surface area (Å²) in [6.45, 7) is 2.58. The first-order chi connectivity index (χ1) is 16.7. The van der Waals surface area contributed by atoms with Crippen molar-refractivity contribution in [3.8, 4) is 0 Å². The molecule has 5 heteroatoms. The minimum atomic E-state index is -3.59. The van der Waals surface area contributed by atoms with Crippen LogP contribution < -0.4 is 0 Å². The summed E-state index contributed by atoms with van der Waals surface area (Å²) in [6, 6.07) is 8.40. The fourth-order valence-electron chi connectivity index (χ4n) is 4.53. The number of benzene rings is 1. The van der Waals surface area contributed by atoms with Crippen LogP contribution in [-0.4, -0.2) is 44.6 Å². The number of hydrogen-bond donors (Lipinski definition) is 0. The Labute approximate surface area is 241 Å². The van der Waals surface area contributed by atoms with E-state index in [4.69, 9.17) is 4.18 Å². The molecule has 0 radical (unpaired) electrons. The van der Waals surface area contributed by atoms with Crippen molar-refractivity contribution < 1.29 is 12.6 Å². The fraction of sp³-hybridized carbons (Fsp3) is 0.800. The first-order valence-corrected chi connectivity index (χ1v) is 16.0. The molecule has 0 saturated heterocycles. The van der Waals surface area contributed by atoms with Crippen molar-refractivity contribution in [2.45, 2.75) is 153 Å². The molecule has 0 amide bonds. The Hall–Kier alpha value is 0.130. The van der Waals surface area contributed by atoms with Gasteiger partial charge in [-0.15, -0.1) is 0 Å². The Morgan fingerprint density at radius 3 is 1.17 bits per heavy atom. The molecule has 1 rings (SSSR count). The molecule has 0 fully saturated rings. The Bertz CT molecular complexity index is 649. The summed E-state index contributed by atoms with van der Waals surface area (Å²) in [5.41, 5.74) is 0. The van der Waals surface area contributed by atoms with Gasteiger partial charge in [0.15, 0.2) is 0 Å². The van der Waals surface area contributed by atoms with Gasteiger partial charge in [-0.25, -0.2) is 0 Å². The Balaban J connectivity index is 0.0000116. The molecule has 0 spiro atoms. The molecular weight excluding hydrogens is 463 g/mol. The standard InChI is InChI=1S/C30H54O3S.Na.H/c1-2-3-4-5-6-7-8-9-10-11-12-13-14-15-16-17-18-19-20-21-22-26-29-33-34(31,32)30-27-24-23-25-28-30;;/h23-25,27-28H,2-22,26,29H2,1H3;;. The molecule has 1 aromatic carbocycles. The van der Waals surface area contributed by atoms with Crippen LogP contribution in [-0.2, 0) is 14.3 Å². The van der Waals surface area contributed by atoms with E-state index in [2.05, 4.69) is 6.92 Å². The third-order valence-electron chi connectivity index (χ3n) is 6.77. The van der Waals surface area contributed by atoms with Gasteiger partial charge in [0.2, 0.25) is 0 Å². The second-order valence-electron chi connectivity index (χ2n) is 10.0. The van der Waals surface area contributed by atoms with Crippen LogP contribution in [0.25, 0.3) is 0 Å². The van der Waals surface area contributed by atoms with Gasteiger partial charge < -0.3 is 0 Å². The molecule has 0 aromatic heterocycles. The Kier molecular flexibility index (Phi) is 25.9. The van der Waals surface area contributed by atoms with Crippen molar-refractivity contribution in [1.82, 2.24) is 0 Å². The van der Waals surface area contributed by atoms with Crippen LogP contribution >= 0.6 is 0 Å². The maximum absolute atomic E-state index is 12.0. The third-order valence-corrected chi connectivity index (χ3v) is 8.09. The predicted octanol–water partition coefficient (Wildman–Crippen LogP) is 9.35. The van der Waals surface area contributed by atoms with Crippen LogP contribution in [0.4, 0.5) is 0 Å².